The highest BCUT2D eigenvalue weighted by Crippen LogP contribution is 2.36. The molecule has 2 amide bonds. The summed E-state index contributed by atoms with van der Waals surface area (Å²) in [7, 11) is 0. The summed E-state index contributed by atoms with van der Waals surface area (Å²) in [6.07, 6.45) is 3.07. The molecular formula is C29H32N2O2. The van der Waals surface area contributed by atoms with Crippen molar-refractivity contribution in [2.75, 3.05) is 13.1 Å². The van der Waals surface area contributed by atoms with Crippen LogP contribution in [0.5, 0.6) is 0 Å². The molecule has 1 aliphatic rings. The number of benzene rings is 3. The molecule has 33 heavy (non-hydrogen) atoms. The van der Waals surface area contributed by atoms with Crippen LogP contribution in [0.25, 0.3) is 11.1 Å². The van der Waals surface area contributed by atoms with Crippen molar-refractivity contribution < 1.29 is 9.59 Å². The zero-order chi connectivity index (χ0) is 23.3. The van der Waals surface area contributed by atoms with Crippen LogP contribution in [0.3, 0.4) is 0 Å². The first-order valence-corrected chi connectivity index (χ1v) is 11.7. The smallest absolute Gasteiger partial charge is 0.224 e. The van der Waals surface area contributed by atoms with E-state index in [1.54, 1.807) is 0 Å². The van der Waals surface area contributed by atoms with Gasteiger partial charge in [-0.2, -0.15) is 0 Å². The predicted octanol–water partition coefficient (Wildman–Crippen LogP) is 4.93. The van der Waals surface area contributed by atoms with Crippen molar-refractivity contribution in [3.63, 3.8) is 0 Å². The monoisotopic (exact) mass is 440 g/mol. The van der Waals surface area contributed by atoms with Gasteiger partial charge in [0.15, 0.2) is 0 Å². The first kappa shape index (κ1) is 22.8. The number of aryl methyl sites for hydroxylation is 2. The van der Waals surface area contributed by atoms with Gasteiger partial charge in [0.1, 0.15) is 0 Å². The molecule has 3 aromatic carbocycles. The summed E-state index contributed by atoms with van der Waals surface area (Å²) in [6.45, 7) is 3.25. The molecule has 1 fully saturated rings. The number of primary amides is 1. The number of hydrogen-bond donors (Lipinski definition) is 1. The first-order chi connectivity index (χ1) is 15.9. The molecule has 0 aromatic heterocycles. The van der Waals surface area contributed by atoms with E-state index in [0.29, 0.717) is 38.8 Å². The molecule has 0 saturated carbocycles. The van der Waals surface area contributed by atoms with Crippen molar-refractivity contribution in [3.8, 4) is 11.1 Å². The molecule has 1 heterocycles. The minimum absolute atomic E-state index is 0.152. The summed E-state index contributed by atoms with van der Waals surface area (Å²) < 4.78 is 0. The molecule has 1 aliphatic heterocycles. The standard InChI is InChI=1S/C29H32N2O2/c1-22-6-5-9-26(20-22)25-13-10-24(11-14-25)21-29(28(30)33)16-18-31(19-17-29)27(32)15-12-23-7-3-2-4-8-23/h2-11,13-14,20H,12,15-19,21H2,1H3,(H2,30,33). The normalized spacial score (nSPS) is 15.2. The van der Waals surface area contributed by atoms with Crippen LogP contribution >= 0.6 is 0 Å². The zero-order valence-electron chi connectivity index (χ0n) is 19.3. The minimum atomic E-state index is -0.596. The van der Waals surface area contributed by atoms with Crippen LogP contribution in [0.4, 0.5) is 0 Å². The van der Waals surface area contributed by atoms with Crippen molar-refractivity contribution in [3.05, 3.63) is 95.6 Å². The van der Waals surface area contributed by atoms with Crippen molar-refractivity contribution in [1.29, 1.82) is 0 Å². The van der Waals surface area contributed by atoms with Crippen molar-refractivity contribution >= 4 is 11.8 Å². The van der Waals surface area contributed by atoms with Crippen LogP contribution in [0.2, 0.25) is 0 Å². The number of hydrogen-bond acceptors (Lipinski definition) is 2. The average molecular weight is 441 g/mol. The molecular weight excluding hydrogens is 408 g/mol. The number of nitrogens with two attached hydrogens (primary N) is 1. The Bertz CT molecular complexity index is 1100. The summed E-state index contributed by atoms with van der Waals surface area (Å²) in [4.78, 5) is 27.1. The van der Waals surface area contributed by atoms with Gasteiger partial charge in [-0.3, -0.25) is 9.59 Å². The molecule has 0 atom stereocenters. The highest BCUT2D eigenvalue weighted by Gasteiger charge is 2.40. The number of amides is 2. The van der Waals surface area contributed by atoms with E-state index in [2.05, 4.69) is 55.5 Å². The lowest BCUT2D eigenvalue weighted by atomic mass is 9.73. The fourth-order valence-electron chi connectivity index (χ4n) is 4.78. The quantitative estimate of drug-likeness (QED) is 0.566. The fraction of sp³-hybridized carbons (Fsp3) is 0.310. The lowest BCUT2D eigenvalue weighted by Gasteiger charge is -2.40. The van der Waals surface area contributed by atoms with E-state index in [-0.39, 0.29) is 11.8 Å². The topological polar surface area (TPSA) is 63.4 Å². The molecule has 170 valence electrons. The molecule has 0 spiro atoms. The Hall–Kier alpha value is -3.40. The molecule has 2 N–H and O–H groups in total. The number of carbonyl (C=O) groups is 2. The zero-order valence-corrected chi connectivity index (χ0v) is 19.3. The van der Waals surface area contributed by atoms with Crippen LogP contribution in [-0.4, -0.2) is 29.8 Å². The maximum absolute atomic E-state index is 12.7. The predicted molar refractivity (Wildman–Crippen MR) is 133 cm³/mol. The molecule has 4 heteroatoms. The number of nitrogens with zero attached hydrogens (tertiary/aromatic N) is 1. The van der Waals surface area contributed by atoms with Gasteiger partial charge in [-0.15, -0.1) is 0 Å². The van der Waals surface area contributed by atoms with Crippen LogP contribution in [0.15, 0.2) is 78.9 Å². The number of piperidine rings is 1. The SMILES string of the molecule is Cc1cccc(-c2ccc(CC3(C(N)=O)CCN(C(=O)CCc4ccccc4)CC3)cc2)c1. The second kappa shape index (κ2) is 10.0. The highest BCUT2D eigenvalue weighted by molar-refractivity contribution is 5.82. The van der Waals surface area contributed by atoms with Gasteiger partial charge in [-0.05, 0) is 54.9 Å². The molecule has 4 rings (SSSR count). The lowest BCUT2D eigenvalue weighted by Crippen LogP contribution is -2.49. The van der Waals surface area contributed by atoms with E-state index in [1.807, 2.05) is 35.2 Å². The van der Waals surface area contributed by atoms with Gasteiger partial charge in [0.2, 0.25) is 11.8 Å². The van der Waals surface area contributed by atoms with E-state index in [0.717, 1.165) is 17.5 Å². The van der Waals surface area contributed by atoms with Gasteiger partial charge in [0.05, 0.1) is 5.41 Å². The Balaban J connectivity index is 1.37. The Morgan fingerprint density at radius 3 is 2.18 bits per heavy atom. The van der Waals surface area contributed by atoms with Gasteiger partial charge < -0.3 is 10.6 Å². The summed E-state index contributed by atoms with van der Waals surface area (Å²) in [5.41, 5.74) is 11.2. The number of carbonyl (C=O) groups excluding carboxylic acids is 2. The minimum Gasteiger partial charge on any atom is -0.369 e. The molecule has 0 aliphatic carbocycles. The Kier molecular flexibility index (Phi) is 6.93. The van der Waals surface area contributed by atoms with Crippen LogP contribution < -0.4 is 5.73 Å². The molecule has 0 bridgehead atoms. The largest absolute Gasteiger partial charge is 0.369 e. The third-order valence-electron chi connectivity index (χ3n) is 6.91. The second-order valence-electron chi connectivity index (χ2n) is 9.25. The average Bonchev–Trinajstić information content (AvgIpc) is 2.84. The van der Waals surface area contributed by atoms with Crippen LogP contribution in [0, 0.1) is 12.3 Å². The lowest BCUT2D eigenvalue weighted by molar-refractivity contribution is -0.138. The number of likely N-dealkylation sites (tertiary alicyclic amines) is 1. The summed E-state index contributed by atoms with van der Waals surface area (Å²) in [6, 6.07) is 26.9. The van der Waals surface area contributed by atoms with Crippen LogP contribution in [0.1, 0.15) is 36.0 Å². The second-order valence-corrected chi connectivity index (χ2v) is 9.25. The van der Waals surface area contributed by atoms with Crippen molar-refractivity contribution in [2.24, 2.45) is 11.1 Å². The summed E-state index contributed by atoms with van der Waals surface area (Å²) >= 11 is 0. The third-order valence-corrected chi connectivity index (χ3v) is 6.91. The number of rotatable bonds is 7. The van der Waals surface area contributed by atoms with Gasteiger partial charge in [-0.25, -0.2) is 0 Å². The molecule has 1 saturated heterocycles. The summed E-state index contributed by atoms with van der Waals surface area (Å²) in [5.74, 6) is -0.110. The third kappa shape index (κ3) is 5.51. The van der Waals surface area contributed by atoms with Gasteiger partial charge in [0.25, 0.3) is 0 Å². The summed E-state index contributed by atoms with van der Waals surface area (Å²) in [5, 5.41) is 0. The molecule has 0 radical (unpaired) electrons. The van der Waals surface area contributed by atoms with Gasteiger partial charge >= 0.3 is 0 Å². The Morgan fingerprint density at radius 1 is 0.848 bits per heavy atom. The van der Waals surface area contributed by atoms with Crippen molar-refractivity contribution in [2.45, 2.75) is 39.0 Å². The van der Waals surface area contributed by atoms with Gasteiger partial charge in [0, 0.05) is 19.5 Å². The molecule has 0 unspecified atom stereocenters. The van der Waals surface area contributed by atoms with E-state index >= 15 is 0 Å². The van der Waals surface area contributed by atoms with E-state index in [4.69, 9.17) is 5.73 Å². The Labute approximate surface area is 196 Å². The maximum atomic E-state index is 12.7. The van der Waals surface area contributed by atoms with Crippen LogP contribution in [-0.2, 0) is 22.4 Å². The Morgan fingerprint density at radius 2 is 1.55 bits per heavy atom. The highest BCUT2D eigenvalue weighted by atomic mass is 16.2. The first-order valence-electron chi connectivity index (χ1n) is 11.7. The molecule has 4 nitrogen and oxygen atoms in total. The van der Waals surface area contributed by atoms with E-state index in [1.165, 1.54) is 16.7 Å². The fourth-order valence-corrected chi connectivity index (χ4v) is 4.78. The van der Waals surface area contributed by atoms with Gasteiger partial charge in [-0.1, -0.05) is 84.4 Å². The molecule has 3 aromatic rings. The van der Waals surface area contributed by atoms with E-state index in [9.17, 15) is 9.59 Å². The maximum Gasteiger partial charge on any atom is 0.224 e. The van der Waals surface area contributed by atoms with Crippen molar-refractivity contribution in [1.82, 2.24) is 4.90 Å². The van der Waals surface area contributed by atoms with E-state index < -0.39 is 5.41 Å².